The van der Waals surface area contributed by atoms with Crippen molar-refractivity contribution < 1.29 is 9.72 Å². The highest BCUT2D eigenvalue weighted by molar-refractivity contribution is 5.95. The lowest BCUT2D eigenvalue weighted by atomic mass is 10.1. The standard InChI is InChI=1S/C14H20N4O3/c1-4-17(11-8-15-9-11)12-6-5-10(14(19)16(2)3)7-13(12)18(20)21/h5-7,11,15H,4,8-9H2,1-3H3. The maximum absolute atomic E-state index is 12.0. The smallest absolute Gasteiger partial charge is 0.293 e. The van der Waals surface area contributed by atoms with Crippen molar-refractivity contribution in [2.24, 2.45) is 0 Å². The van der Waals surface area contributed by atoms with E-state index < -0.39 is 4.92 Å². The highest BCUT2D eigenvalue weighted by Crippen LogP contribution is 2.31. The Kier molecular flexibility index (Phi) is 4.42. The molecule has 1 aliphatic rings. The van der Waals surface area contributed by atoms with Gasteiger partial charge in [-0.3, -0.25) is 14.9 Å². The van der Waals surface area contributed by atoms with E-state index in [1.165, 1.54) is 11.0 Å². The molecule has 7 heteroatoms. The van der Waals surface area contributed by atoms with Crippen LogP contribution in [0, 0.1) is 10.1 Å². The van der Waals surface area contributed by atoms with Gasteiger partial charge in [-0.1, -0.05) is 0 Å². The van der Waals surface area contributed by atoms with Gasteiger partial charge in [0.05, 0.1) is 11.0 Å². The van der Waals surface area contributed by atoms with E-state index in [0.29, 0.717) is 17.8 Å². The first-order valence-corrected chi connectivity index (χ1v) is 6.93. The lowest BCUT2D eigenvalue weighted by molar-refractivity contribution is -0.384. The van der Waals surface area contributed by atoms with Crippen LogP contribution in [0.1, 0.15) is 17.3 Å². The molecule has 1 fully saturated rings. The Morgan fingerprint density at radius 3 is 2.52 bits per heavy atom. The van der Waals surface area contributed by atoms with Gasteiger partial charge in [0, 0.05) is 45.4 Å². The maximum atomic E-state index is 12.0. The van der Waals surface area contributed by atoms with Gasteiger partial charge in [0.2, 0.25) is 0 Å². The molecule has 1 amide bonds. The summed E-state index contributed by atoms with van der Waals surface area (Å²) < 4.78 is 0. The summed E-state index contributed by atoms with van der Waals surface area (Å²) in [6.07, 6.45) is 0. The quantitative estimate of drug-likeness (QED) is 0.649. The van der Waals surface area contributed by atoms with Crippen LogP contribution in [0.5, 0.6) is 0 Å². The number of hydrogen-bond acceptors (Lipinski definition) is 5. The molecule has 0 saturated carbocycles. The van der Waals surface area contributed by atoms with Crippen LogP contribution >= 0.6 is 0 Å². The van der Waals surface area contributed by atoms with Crippen molar-refractivity contribution in [1.82, 2.24) is 10.2 Å². The van der Waals surface area contributed by atoms with Gasteiger partial charge in [-0.05, 0) is 19.1 Å². The van der Waals surface area contributed by atoms with Crippen LogP contribution in [0.15, 0.2) is 18.2 Å². The molecule has 1 saturated heterocycles. The van der Waals surface area contributed by atoms with E-state index in [1.54, 1.807) is 26.2 Å². The number of nitrogens with zero attached hydrogens (tertiary/aromatic N) is 3. The third kappa shape index (κ3) is 2.97. The largest absolute Gasteiger partial charge is 0.361 e. The molecule has 0 unspecified atom stereocenters. The van der Waals surface area contributed by atoms with E-state index in [4.69, 9.17) is 0 Å². The number of likely N-dealkylation sites (N-methyl/N-ethyl adjacent to an activating group) is 1. The minimum atomic E-state index is -0.420. The monoisotopic (exact) mass is 292 g/mol. The van der Waals surface area contributed by atoms with Crippen molar-refractivity contribution in [3.63, 3.8) is 0 Å². The van der Waals surface area contributed by atoms with E-state index in [9.17, 15) is 14.9 Å². The Hall–Kier alpha value is -2.15. The molecule has 1 N–H and O–H groups in total. The Labute approximate surface area is 123 Å². The molecule has 0 aliphatic carbocycles. The molecule has 21 heavy (non-hydrogen) atoms. The van der Waals surface area contributed by atoms with Gasteiger partial charge < -0.3 is 15.1 Å². The number of nitro groups is 1. The van der Waals surface area contributed by atoms with Crippen molar-refractivity contribution in [2.75, 3.05) is 38.6 Å². The summed E-state index contributed by atoms with van der Waals surface area (Å²) >= 11 is 0. The van der Waals surface area contributed by atoms with Gasteiger partial charge in [-0.2, -0.15) is 0 Å². The summed E-state index contributed by atoms with van der Waals surface area (Å²) in [6.45, 7) is 4.31. The maximum Gasteiger partial charge on any atom is 0.293 e. The average molecular weight is 292 g/mol. The highest BCUT2D eigenvalue weighted by atomic mass is 16.6. The van der Waals surface area contributed by atoms with Crippen molar-refractivity contribution in [1.29, 1.82) is 0 Å². The zero-order valence-electron chi connectivity index (χ0n) is 12.5. The number of benzene rings is 1. The van der Waals surface area contributed by atoms with Gasteiger partial charge in [0.25, 0.3) is 11.6 Å². The third-order valence-corrected chi connectivity index (χ3v) is 3.68. The van der Waals surface area contributed by atoms with Crippen LogP contribution in [0.2, 0.25) is 0 Å². The molecule has 0 aromatic heterocycles. The van der Waals surface area contributed by atoms with Gasteiger partial charge in [-0.15, -0.1) is 0 Å². The Bertz CT molecular complexity index is 555. The Morgan fingerprint density at radius 2 is 2.10 bits per heavy atom. The molecule has 7 nitrogen and oxygen atoms in total. The van der Waals surface area contributed by atoms with Crippen molar-refractivity contribution >= 4 is 17.3 Å². The van der Waals surface area contributed by atoms with Gasteiger partial charge in [0.15, 0.2) is 0 Å². The van der Waals surface area contributed by atoms with Crippen molar-refractivity contribution in [2.45, 2.75) is 13.0 Å². The minimum Gasteiger partial charge on any atom is -0.361 e. The van der Waals surface area contributed by atoms with E-state index in [2.05, 4.69) is 5.32 Å². The molecule has 0 spiro atoms. The number of carbonyl (C=O) groups excluding carboxylic acids is 1. The predicted octanol–water partition coefficient (Wildman–Crippen LogP) is 1.09. The number of rotatable bonds is 5. The number of nitrogens with one attached hydrogen (secondary N) is 1. The Morgan fingerprint density at radius 1 is 1.43 bits per heavy atom. The normalized spacial score (nSPS) is 14.4. The Balaban J connectivity index is 2.41. The van der Waals surface area contributed by atoms with E-state index in [0.717, 1.165) is 13.1 Å². The summed E-state index contributed by atoms with van der Waals surface area (Å²) in [5.74, 6) is -0.238. The van der Waals surface area contributed by atoms with E-state index in [1.807, 2.05) is 11.8 Å². The van der Waals surface area contributed by atoms with Crippen molar-refractivity contribution in [3.8, 4) is 0 Å². The van der Waals surface area contributed by atoms with Crippen LogP contribution in [0.25, 0.3) is 0 Å². The van der Waals surface area contributed by atoms with E-state index in [-0.39, 0.29) is 17.6 Å². The fourth-order valence-electron chi connectivity index (χ4n) is 2.42. The van der Waals surface area contributed by atoms with Crippen LogP contribution in [0.3, 0.4) is 0 Å². The zero-order valence-corrected chi connectivity index (χ0v) is 12.5. The SMILES string of the molecule is CCN(c1ccc(C(=O)N(C)C)cc1[N+](=O)[O-])C1CNC1. The number of amides is 1. The lowest BCUT2D eigenvalue weighted by Crippen LogP contribution is -2.57. The lowest BCUT2D eigenvalue weighted by Gasteiger charge is -2.38. The first-order valence-electron chi connectivity index (χ1n) is 6.93. The van der Waals surface area contributed by atoms with Crippen LogP contribution in [-0.4, -0.2) is 55.5 Å². The predicted molar refractivity (Wildman–Crippen MR) is 80.8 cm³/mol. The second kappa shape index (κ2) is 6.09. The number of nitro benzene ring substituents is 1. The summed E-state index contributed by atoms with van der Waals surface area (Å²) in [4.78, 5) is 26.3. The average Bonchev–Trinajstić information content (AvgIpc) is 2.40. The first-order chi connectivity index (χ1) is 9.95. The zero-order chi connectivity index (χ0) is 15.6. The molecule has 1 aliphatic heterocycles. The van der Waals surface area contributed by atoms with Gasteiger partial charge in [0.1, 0.15) is 5.69 Å². The topological polar surface area (TPSA) is 78.7 Å². The fourth-order valence-corrected chi connectivity index (χ4v) is 2.42. The minimum absolute atomic E-state index is 0.0172. The second-order valence-electron chi connectivity index (χ2n) is 5.26. The van der Waals surface area contributed by atoms with Gasteiger partial charge in [-0.25, -0.2) is 0 Å². The molecule has 1 aromatic carbocycles. The molecule has 2 rings (SSSR count). The summed E-state index contributed by atoms with van der Waals surface area (Å²) in [5.41, 5.74) is 0.888. The van der Waals surface area contributed by atoms with Gasteiger partial charge >= 0.3 is 0 Å². The van der Waals surface area contributed by atoms with Crippen LogP contribution < -0.4 is 10.2 Å². The first kappa shape index (κ1) is 15.2. The molecule has 0 bridgehead atoms. The summed E-state index contributed by atoms with van der Waals surface area (Å²) in [5, 5.41) is 14.5. The summed E-state index contributed by atoms with van der Waals surface area (Å²) in [7, 11) is 3.25. The second-order valence-corrected chi connectivity index (χ2v) is 5.26. The number of hydrogen-bond donors (Lipinski definition) is 1. The molecule has 0 radical (unpaired) electrons. The van der Waals surface area contributed by atoms with Crippen molar-refractivity contribution in [3.05, 3.63) is 33.9 Å². The molecule has 1 heterocycles. The molecule has 0 atom stereocenters. The molecule has 1 aromatic rings. The van der Waals surface area contributed by atoms with Crippen LogP contribution in [-0.2, 0) is 0 Å². The summed E-state index contributed by atoms with van der Waals surface area (Å²) in [6, 6.07) is 4.96. The number of carbonyl (C=O) groups is 1. The number of anilines is 1. The molecular weight excluding hydrogens is 272 g/mol. The third-order valence-electron chi connectivity index (χ3n) is 3.68. The van der Waals surface area contributed by atoms with Crippen LogP contribution in [0.4, 0.5) is 11.4 Å². The molecular formula is C14H20N4O3. The van der Waals surface area contributed by atoms with E-state index >= 15 is 0 Å². The molecule has 114 valence electrons. The highest BCUT2D eigenvalue weighted by Gasteiger charge is 2.29. The fraction of sp³-hybridized carbons (Fsp3) is 0.500.